The lowest BCUT2D eigenvalue weighted by atomic mass is 9.97. The van der Waals surface area contributed by atoms with Gasteiger partial charge in [-0.05, 0) is 23.9 Å². The van der Waals surface area contributed by atoms with Gasteiger partial charge in [-0.15, -0.1) is 0 Å². The molecule has 0 bridgehead atoms. The maximum Gasteiger partial charge on any atom is 0.123 e. The third kappa shape index (κ3) is 2.31. The number of phenols is 1. The Morgan fingerprint density at radius 2 is 1.74 bits per heavy atom. The minimum absolute atomic E-state index is 0.367. The van der Waals surface area contributed by atoms with Crippen LogP contribution in [0.4, 0.5) is 0 Å². The summed E-state index contributed by atoms with van der Waals surface area (Å²) in [5, 5.41) is 15.5. The first kappa shape index (κ1) is 12.5. The highest BCUT2D eigenvalue weighted by Gasteiger charge is 2.19. The van der Waals surface area contributed by atoms with E-state index in [2.05, 4.69) is 29.3 Å². The van der Waals surface area contributed by atoms with Crippen LogP contribution in [0, 0.1) is 0 Å². The van der Waals surface area contributed by atoms with Crippen molar-refractivity contribution in [2.45, 2.75) is 13.0 Å². The number of hydrogen-bond acceptors (Lipinski definition) is 3. The number of benzene rings is 2. The van der Waals surface area contributed by atoms with Gasteiger partial charge in [0.15, 0.2) is 0 Å². The lowest BCUT2D eigenvalue weighted by molar-refractivity contribution is 0.186. The SMILES string of the molecule is C[C@H](c1ccc(O)c2ccccc12)N1CCNCC1. The Morgan fingerprint density at radius 3 is 2.47 bits per heavy atom. The molecule has 0 saturated carbocycles. The number of aromatic hydroxyl groups is 1. The summed E-state index contributed by atoms with van der Waals surface area (Å²) in [7, 11) is 0. The van der Waals surface area contributed by atoms with Crippen LogP contribution in [0.1, 0.15) is 18.5 Å². The summed E-state index contributed by atoms with van der Waals surface area (Å²) in [5.41, 5.74) is 1.30. The fourth-order valence-electron chi connectivity index (χ4n) is 2.94. The fraction of sp³-hybridized carbons (Fsp3) is 0.375. The first-order valence-corrected chi connectivity index (χ1v) is 6.93. The van der Waals surface area contributed by atoms with Gasteiger partial charge in [-0.25, -0.2) is 0 Å². The average molecular weight is 256 g/mol. The molecule has 1 atom stereocenters. The second-order valence-electron chi connectivity index (χ2n) is 5.18. The molecule has 1 aliphatic heterocycles. The van der Waals surface area contributed by atoms with Crippen molar-refractivity contribution >= 4 is 10.8 Å². The van der Waals surface area contributed by atoms with Gasteiger partial charge in [-0.3, -0.25) is 4.90 Å². The molecule has 0 radical (unpaired) electrons. The molecule has 0 amide bonds. The lowest BCUT2D eigenvalue weighted by Gasteiger charge is -2.33. The molecule has 0 unspecified atom stereocenters. The second-order valence-corrected chi connectivity index (χ2v) is 5.18. The van der Waals surface area contributed by atoms with Gasteiger partial charge in [0.25, 0.3) is 0 Å². The summed E-state index contributed by atoms with van der Waals surface area (Å²) in [6.45, 7) is 6.53. The van der Waals surface area contributed by atoms with Crippen LogP contribution in [-0.4, -0.2) is 36.2 Å². The Morgan fingerprint density at radius 1 is 1.05 bits per heavy atom. The van der Waals surface area contributed by atoms with E-state index >= 15 is 0 Å². The number of fused-ring (bicyclic) bond motifs is 1. The van der Waals surface area contributed by atoms with E-state index in [1.165, 1.54) is 5.56 Å². The topological polar surface area (TPSA) is 35.5 Å². The van der Waals surface area contributed by atoms with Gasteiger partial charge in [-0.1, -0.05) is 30.3 Å². The van der Waals surface area contributed by atoms with E-state index in [0.717, 1.165) is 37.0 Å². The van der Waals surface area contributed by atoms with Gasteiger partial charge in [0.1, 0.15) is 5.75 Å². The standard InChI is InChI=1S/C16H20N2O/c1-12(18-10-8-17-9-11-18)13-6-7-16(19)15-5-3-2-4-14(13)15/h2-7,12,17,19H,8-11H2,1H3/t12-/m1/s1. The molecule has 100 valence electrons. The summed E-state index contributed by atoms with van der Waals surface area (Å²) in [6.07, 6.45) is 0. The highest BCUT2D eigenvalue weighted by Crippen LogP contribution is 2.32. The Hall–Kier alpha value is -1.58. The number of piperazine rings is 1. The van der Waals surface area contributed by atoms with E-state index in [-0.39, 0.29) is 0 Å². The zero-order valence-corrected chi connectivity index (χ0v) is 11.3. The molecule has 2 aromatic rings. The molecular formula is C16H20N2O. The summed E-state index contributed by atoms with van der Waals surface area (Å²) in [4.78, 5) is 2.50. The average Bonchev–Trinajstić information content (AvgIpc) is 2.48. The predicted octanol–water partition coefficient (Wildman–Crippen LogP) is 2.51. The third-order valence-corrected chi connectivity index (χ3v) is 4.08. The molecule has 19 heavy (non-hydrogen) atoms. The molecule has 1 fully saturated rings. The molecule has 0 aliphatic carbocycles. The predicted molar refractivity (Wildman–Crippen MR) is 78.5 cm³/mol. The molecule has 1 aliphatic rings. The van der Waals surface area contributed by atoms with Crippen LogP contribution in [0.3, 0.4) is 0 Å². The van der Waals surface area contributed by atoms with E-state index in [4.69, 9.17) is 0 Å². The first-order valence-electron chi connectivity index (χ1n) is 6.93. The molecule has 2 N–H and O–H groups in total. The lowest BCUT2D eigenvalue weighted by Crippen LogP contribution is -2.44. The van der Waals surface area contributed by atoms with Crippen LogP contribution in [0.15, 0.2) is 36.4 Å². The van der Waals surface area contributed by atoms with Crippen LogP contribution in [0.5, 0.6) is 5.75 Å². The van der Waals surface area contributed by atoms with Crippen LogP contribution < -0.4 is 5.32 Å². The summed E-state index contributed by atoms with van der Waals surface area (Å²) < 4.78 is 0. The van der Waals surface area contributed by atoms with Gasteiger partial charge in [0, 0.05) is 37.6 Å². The maximum atomic E-state index is 9.96. The second kappa shape index (κ2) is 5.19. The van der Waals surface area contributed by atoms with Crippen molar-refractivity contribution in [3.8, 4) is 5.75 Å². The van der Waals surface area contributed by atoms with E-state index in [9.17, 15) is 5.11 Å². The molecule has 1 heterocycles. The zero-order chi connectivity index (χ0) is 13.2. The van der Waals surface area contributed by atoms with Crippen LogP contribution >= 0.6 is 0 Å². The van der Waals surface area contributed by atoms with Gasteiger partial charge in [-0.2, -0.15) is 0 Å². The van der Waals surface area contributed by atoms with Crippen molar-refractivity contribution < 1.29 is 5.11 Å². The number of rotatable bonds is 2. The Labute approximate surface area is 113 Å². The molecular weight excluding hydrogens is 236 g/mol. The van der Waals surface area contributed by atoms with Gasteiger partial charge in [0.05, 0.1) is 0 Å². The van der Waals surface area contributed by atoms with Crippen molar-refractivity contribution in [2.24, 2.45) is 0 Å². The molecule has 2 aromatic carbocycles. The van der Waals surface area contributed by atoms with E-state index < -0.39 is 0 Å². The molecule has 3 heteroatoms. The van der Waals surface area contributed by atoms with Crippen LogP contribution in [-0.2, 0) is 0 Å². The summed E-state index contributed by atoms with van der Waals surface area (Å²) in [5.74, 6) is 0.367. The quantitative estimate of drug-likeness (QED) is 0.866. The third-order valence-electron chi connectivity index (χ3n) is 4.08. The highest BCUT2D eigenvalue weighted by atomic mass is 16.3. The Balaban J connectivity index is 2.02. The largest absolute Gasteiger partial charge is 0.507 e. The Bertz CT molecular complexity index is 576. The summed E-state index contributed by atoms with van der Waals surface area (Å²) in [6, 6.07) is 12.4. The van der Waals surface area contributed by atoms with Crippen molar-refractivity contribution in [3.05, 3.63) is 42.0 Å². The molecule has 3 nitrogen and oxygen atoms in total. The monoisotopic (exact) mass is 256 g/mol. The van der Waals surface area contributed by atoms with Gasteiger partial charge in [0.2, 0.25) is 0 Å². The van der Waals surface area contributed by atoms with E-state index in [1.54, 1.807) is 0 Å². The minimum Gasteiger partial charge on any atom is -0.507 e. The maximum absolute atomic E-state index is 9.96. The molecule has 3 rings (SSSR count). The molecule has 0 spiro atoms. The minimum atomic E-state index is 0.367. The Kier molecular flexibility index (Phi) is 3.40. The highest BCUT2D eigenvalue weighted by molar-refractivity contribution is 5.91. The fourth-order valence-corrected chi connectivity index (χ4v) is 2.94. The number of nitrogens with one attached hydrogen (secondary N) is 1. The normalized spacial score (nSPS) is 18.6. The molecule has 1 saturated heterocycles. The van der Waals surface area contributed by atoms with Crippen molar-refractivity contribution in [2.75, 3.05) is 26.2 Å². The summed E-state index contributed by atoms with van der Waals surface area (Å²) >= 11 is 0. The van der Waals surface area contributed by atoms with Crippen molar-refractivity contribution in [3.63, 3.8) is 0 Å². The van der Waals surface area contributed by atoms with E-state index in [0.29, 0.717) is 11.8 Å². The molecule has 0 aromatic heterocycles. The number of hydrogen-bond donors (Lipinski definition) is 2. The van der Waals surface area contributed by atoms with Crippen molar-refractivity contribution in [1.82, 2.24) is 10.2 Å². The zero-order valence-electron chi connectivity index (χ0n) is 11.3. The number of nitrogens with zero attached hydrogens (tertiary/aromatic N) is 1. The van der Waals surface area contributed by atoms with Crippen LogP contribution in [0.25, 0.3) is 10.8 Å². The first-order chi connectivity index (χ1) is 9.27. The number of phenolic OH excluding ortho intramolecular Hbond substituents is 1. The van der Waals surface area contributed by atoms with Gasteiger partial charge >= 0.3 is 0 Å². The van der Waals surface area contributed by atoms with Crippen molar-refractivity contribution in [1.29, 1.82) is 0 Å². The van der Waals surface area contributed by atoms with Crippen LogP contribution in [0.2, 0.25) is 0 Å². The van der Waals surface area contributed by atoms with Gasteiger partial charge < -0.3 is 10.4 Å². The smallest absolute Gasteiger partial charge is 0.123 e. The van der Waals surface area contributed by atoms with E-state index in [1.807, 2.05) is 24.3 Å².